The third-order valence-corrected chi connectivity index (χ3v) is 6.49. The minimum absolute atomic E-state index is 0.0164. The maximum absolute atomic E-state index is 13.0. The van der Waals surface area contributed by atoms with Crippen LogP contribution in [-0.4, -0.2) is 53.8 Å². The summed E-state index contributed by atoms with van der Waals surface area (Å²) >= 11 is 0. The number of piperazine rings is 1. The van der Waals surface area contributed by atoms with Crippen molar-refractivity contribution in [2.24, 2.45) is 0 Å². The lowest BCUT2D eigenvalue weighted by molar-refractivity contribution is -0.126. The minimum Gasteiger partial charge on any atom is -0.353 e. The molecule has 2 aliphatic rings. The van der Waals surface area contributed by atoms with Crippen LogP contribution < -0.4 is 10.2 Å². The van der Waals surface area contributed by atoms with Crippen LogP contribution in [0.25, 0.3) is 0 Å². The van der Waals surface area contributed by atoms with Gasteiger partial charge in [-0.25, -0.2) is 4.98 Å². The van der Waals surface area contributed by atoms with Crippen molar-refractivity contribution >= 4 is 23.5 Å². The molecule has 0 aliphatic carbocycles. The van der Waals surface area contributed by atoms with E-state index in [0.29, 0.717) is 25.1 Å². The van der Waals surface area contributed by atoms with Gasteiger partial charge in [-0.1, -0.05) is 25.1 Å². The molecule has 2 fully saturated rings. The molecule has 2 aliphatic heterocycles. The molecule has 1 N–H and O–H groups in total. The Kier molecular flexibility index (Phi) is 5.52. The second kappa shape index (κ2) is 8.13. The number of anilines is 1. The number of amides is 3. The third-order valence-electron chi connectivity index (χ3n) is 6.49. The van der Waals surface area contributed by atoms with Crippen LogP contribution in [-0.2, 0) is 15.0 Å². The highest BCUT2D eigenvalue weighted by atomic mass is 16.2. The molecule has 3 amide bonds. The van der Waals surface area contributed by atoms with Crippen molar-refractivity contribution < 1.29 is 14.4 Å². The van der Waals surface area contributed by atoms with Crippen molar-refractivity contribution in [2.45, 2.75) is 39.0 Å². The van der Waals surface area contributed by atoms with Gasteiger partial charge in [0.1, 0.15) is 5.82 Å². The monoisotopic (exact) mass is 420 g/mol. The number of pyridine rings is 1. The summed E-state index contributed by atoms with van der Waals surface area (Å²) in [7, 11) is 0. The topological polar surface area (TPSA) is 82.6 Å². The van der Waals surface area contributed by atoms with Crippen LogP contribution in [0.5, 0.6) is 0 Å². The summed E-state index contributed by atoms with van der Waals surface area (Å²) in [5, 5.41) is 2.41. The van der Waals surface area contributed by atoms with Gasteiger partial charge >= 0.3 is 0 Å². The Balaban J connectivity index is 1.44. The standard InChI is InChI=1S/C24H28N4O3/c1-4-24(14-20(29)26-23(24)31)19-7-5-18(6-8-19)22(30)28-11-9-27(10-12-28)21-17(3)13-16(2)15-25-21/h5-8,13,15H,4,9-12,14H2,1-3H3,(H,26,29,31)/t24-/m0/s1. The summed E-state index contributed by atoms with van der Waals surface area (Å²) in [4.78, 5) is 45.8. The van der Waals surface area contributed by atoms with Gasteiger partial charge in [-0.05, 0) is 49.1 Å². The first kappa shape index (κ1) is 21.0. The van der Waals surface area contributed by atoms with Gasteiger partial charge in [-0.2, -0.15) is 0 Å². The van der Waals surface area contributed by atoms with E-state index in [2.05, 4.69) is 28.2 Å². The van der Waals surface area contributed by atoms with Gasteiger partial charge in [0, 0.05) is 44.4 Å². The number of imide groups is 1. The summed E-state index contributed by atoms with van der Waals surface area (Å²) < 4.78 is 0. The largest absolute Gasteiger partial charge is 0.353 e. The molecule has 1 aromatic heterocycles. The molecule has 1 atom stereocenters. The van der Waals surface area contributed by atoms with Gasteiger partial charge < -0.3 is 9.80 Å². The van der Waals surface area contributed by atoms with Crippen molar-refractivity contribution in [3.8, 4) is 0 Å². The highest BCUT2D eigenvalue weighted by molar-refractivity contribution is 6.09. The Morgan fingerprint density at radius 3 is 2.32 bits per heavy atom. The fourth-order valence-electron chi connectivity index (χ4n) is 4.64. The average Bonchev–Trinajstić information content (AvgIpc) is 3.07. The molecular weight excluding hydrogens is 392 g/mol. The molecule has 1 aromatic carbocycles. The van der Waals surface area contributed by atoms with Crippen LogP contribution in [0.3, 0.4) is 0 Å². The molecule has 7 nitrogen and oxygen atoms in total. The van der Waals surface area contributed by atoms with Crippen molar-refractivity contribution in [1.82, 2.24) is 15.2 Å². The molecule has 4 rings (SSSR count). The summed E-state index contributed by atoms with van der Waals surface area (Å²) in [6.07, 6.45) is 2.57. The molecular formula is C24H28N4O3. The fraction of sp³-hybridized carbons (Fsp3) is 0.417. The van der Waals surface area contributed by atoms with E-state index in [9.17, 15) is 14.4 Å². The van der Waals surface area contributed by atoms with Gasteiger partial charge in [0.15, 0.2) is 0 Å². The number of nitrogens with zero attached hydrogens (tertiary/aromatic N) is 3. The minimum atomic E-state index is -0.830. The van der Waals surface area contributed by atoms with E-state index >= 15 is 0 Å². The van der Waals surface area contributed by atoms with Crippen LogP contribution >= 0.6 is 0 Å². The number of aromatic nitrogens is 1. The number of benzene rings is 1. The van der Waals surface area contributed by atoms with Crippen LogP contribution in [0, 0.1) is 13.8 Å². The molecule has 162 valence electrons. The van der Waals surface area contributed by atoms with E-state index in [0.717, 1.165) is 35.6 Å². The number of carbonyl (C=O) groups excluding carboxylic acids is 3. The van der Waals surface area contributed by atoms with E-state index in [-0.39, 0.29) is 24.1 Å². The van der Waals surface area contributed by atoms with E-state index in [1.807, 2.05) is 37.1 Å². The predicted molar refractivity (Wildman–Crippen MR) is 118 cm³/mol. The van der Waals surface area contributed by atoms with Crippen LogP contribution in [0.4, 0.5) is 5.82 Å². The van der Waals surface area contributed by atoms with Crippen molar-refractivity contribution in [3.05, 3.63) is 58.8 Å². The maximum Gasteiger partial charge on any atom is 0.253 e. The Morgan fingerprint density at radius 2 is 1.77 bits per heavy atom. The lowest BCUT2D eigenvalue weighted by Crippen LogP contribution is -2.49. The number of nitrogens with one attached hydrogen (secondary N) is 1. The fourth-order valence-corrected chi connectivity index (χ4v) is 4.64. The van der Waals surface area contributed by atoms with Crippen molar-refractivity contribution in [3.63, 3.8) is 0 Å². The molecule has 0 radical (unpaired) electrons. The van der Waals surface area contributed by atoms with Gasteiger partial charge in [-0.3, -0.25) is 19.7 Å². The van der Waals surface area contributed by atoms with E-state index in [4.69, 9.17) is 0 Å². The van der Waals surface area contributed by atoms with Gasteiger partial charge in [0.2, 0.25) is 11.8 Å². The first-order chi connectivity index (χ1) is 14.8. The first-order valence-electron chi connectivity index (χ1n) is 10.8. The number of carbonyl (C=O) groups is 3. The molecule has 2 aromatic rings. The first-order valence-corrected chi connectivity index (χ1v) is 10.8. The normalized spacial score (nSPS) is 21.4. The Morgan fingerprint density at radius 1 is 1.10 bits per heavy atom. The number of hydrogen-bond donors (Lipinski definition) is 1. The summed E-state index contributed by atoms with van der Waals surface area (Å²) in [5.74, 6) is 0.465. The van der Waals surface area contributed by atoms with Crippen molar-refractivity contribution in [1.29, 1.82) is 0 Å². The Bertz CT molecular complexity index is 1030. The average molecular weight is 421 g/mol. The summed E-state index contributed by atoms with van der Waals surface area (Å²) in [5.41, 5.74) is 2.83. The molecule has 7 heteroatoms. The van der Waals surface area contributed by atoms with Gasteiger partial charge in [0.25, 0.3) is 5.91 Å². The Hall–Kier alpha value is -3.22. The second-order valence-electron chi connectivity index (χ2n) is 8.50. The molecule has 31 heavy (non-hydrogen) atoms. The Labute approximate surface area is 182 Å². The smallest absolute Gasteiger partial charge is 0.253 e. The highest BCUT2D eigenvalue weighted by Gasteiger charge is 2.46. The molecule has 0 unspecified atom stereocenters. The van der Waals surface area contributed by atoms with E-state index in [1.165, 1.54) is 0 Å². The number of rotatable bonds is 4. The second-order valence-corrected chi connectivity index (χ2v) is 8.50. The number of hydrogen-bond acceptors (Lipinski definition) is 5. The maximum atomic E-state index is 13.0. The quantitative estimate of drug-likeness (QED) is 0.768. The lowest BCUT2D eigenvalue weighted by Gasteiger charge is -2.36. The van der Waals surface area contributed by atoms with Crippen molar-refractivity contribution in [2.75, 3.05) is 31.1 Å². The zero-order valence-corrected chi connectivity index (χ0v) is 18.3. The molecule has 0 bridgehead atoms. The SMILES string of the molecule is CC[C@@]1(c2ccc(C(=O)N3CCN(c4ncc(C)cc4C)CC3)cc2)CC(=O)NC1=O. The van der Waals surface area contributed by atoms with E-state index < -0.39 is 5.41 Å². The zero-order valence-electron chi connectivity index (χ0n) is 18.3. The third kappa shape index (κ3) is 3.80. The molecule has 3 heterocycles. The van der Waals surface area contributed by atoms with Crippen LogP contribution in [0.2, 0.25) is 0 Å². The predicted octanol–water partition coefficient (Wildman–Crippen LogP) is 2.36. The number of aryl methyl sites for hydroxylation is 2. The molecule has 2 saturated heterocycles. The molecule has 0 saturated carbocycles. The van der Waals surface area contributed by atoms with Crippen LogP contribution in [0.15, 0.2) is 36.5 Å². The van der Waals surface area contributed by atoms with Crippen LogP contribution in [0.1, 0.15) is 46.8 Å². The zero-order chi connectivity index (χ0) is 22.2. The van der Waals surface area contributed by atoms with Gasteiger partial charge in [0.05, 0.1) is 5.41 Å². The summed E-state index contributed by atoms with van der Waals surface area (Å²) in [6.45, 7) is 8.74. The highest BCUT2D eigenvalue weighted by Crippen LogP contribution is 2.35. The lowest BCUT2D eigenvalue weighted by atomic mass is 9.76. The van der Waals surface area contributed by atoms with Gasteiger partial charge in [-0.15, -0.1) is 0 Å². The summed E-state index contributed by atoms with van der Waals surface area (Å²) in [6, 6.07) is 9.28. The molecule has 0 spiro atoms. The van der Waals surface area contributed by atoms with E-state index in [1.54, 1.807) is 12.1 Å².